The minimum Gasteiger partial charge on any atom is -0.337 e. The Morgan fingerprint density at radius 2 is 2.30 bits per heavy atom. The molecule has 1 unspecified atom stereocenters. The van der Waals surface area contributed by atoms with Crippen LogP contribution in [0.1, 0.15) is 30.6 Å². The Hall–Kier alpha value is -0.840. The maximum atomic E-state index is 6.03. The van der Waals surface area contributed by atoms with Gasteiger partial charge in [0.25, 0.3) is 0 Å². The number of likely N-dealkylation sites (tertiary alicyclic amines) is 1. The van der Waals surface area contributed by atoms with Crippen LogP contribution in [-0.4, -0.2) is 27.0 Å². The lowest BCUT2D eigenvalue weighted by molar-refractivity contribution is 0.129. The van der Waals surface area contributed by atoms with Gasteiger partial charge in [-0.2, -0.15) is 0 Å². The molecule has 0 amide bonds. The summed E-state index contributed by atoms with van der Waals surface area (Å²) in [6, 6.07) is 4.85. The van der Waals surface area contributed by atoms with E-state index in [1.807, 2.05) is 24.8 Å². The molecule has 1 atom stereocenters. The molecule has 0 bridgehead atoms. The Morgan fingerprint density at radius 3 is 3.05 bits per heavy atom. The average molecular weight is 310 g/mol. The molecule has 0 radical (unpaired) electrons. The van der Waals surface area contributed by atoms with Crippen molar-refractivity contribution in [2.45, 2.75) is 44.8 Å². The summed E-state index contributed by atoms with van der Waals surface area (Å²) in [5.41, 5.74) is 0. The molecule has 1 aliphatic heterocycles. The largest absolute Gasteiger partial charge is 0.337 e. The summed E-state index contributed by atoms with van der Waals surface area (Å²) in [4.78, 5) is 8.12. The number of thiophene rings is 1. The van der Waals surface area contributed by atoms with Crippen LogP contribution in [0.4, 0.5) is 0 Å². The molecule has 0 N–H and O–H groups in total. The van der Waals surface area contributed by atoms with E-state index in [1.54, 1.807) is 11.3 Å². The molecule has 1 fully saturated rings. The maximum absolute atomic E-state index is 6.03. The van der Waals surface area contributed by atoms with Gasteiger partial charge in [0, 0.05) is 36.4 Å². The lowest BCUT2D eigenvalue weighted by Gasteiger charge is -2.35. The van der Waals surface area contributed by atoms with E-state index in [1.165, 1.54) is 37.1 Å². The number of piperidine rings is 1. The standard InChI is InChI=1S/C15H20ClN3S/c16-15-5-4-14(20-15)11-19-8-2-1-3-13(19)6-9-18-10-7-17-12-18/h4-5,7,10,12-13H,1-3,6,8-9,11H2. The maximum Gasteiger partial charge on any atom is 0.0945 e. The molecule has 3 rings (SSSR count). The molecule has 5 heteroatoms. The normalized spacial score (nSPS) is 20.4. The van der Waals surface area contributed by atoms with Crippen molar-refractivity contribution < 1.29 is 0 Å². The Kier molecular flexibility index (Phi) is 4.76. The van der Waals surface area contributed by atoms with E-state index in [0.29, 0.717) is 6.04 Å². The first-order valence-electron chi connectivity index (χ1n) is 7.25. The first-order valence-corrected chi connectivity index (χ1v) is 8.45. The van der Waals surface area contributed by atoms with Crippen LogP contribution in [0.25, 0.3) is 0 Å². The lowest BCUT2D eigenvalue weighted by atomic mass is 9.99. The second kappa shape index (κ2) is 6.74. The van der Waals surface area contributed by atoms with Crippen LogP contribution in [0.5, 0.6) is 0 Å². The molecule has 1 aliphatic rings. The van der Waals surface area contributed by atoms with Crippen LogP contribution in [0.15, 0.2) is 30.9 Å². The predicted molar refractivity (Wildman–Crippen MR) is 84.2 cm³/mol. The fourth-order valence-electron chi connectivity index (χ4n) is 2.95. The monoisotopic (exact) mass is 309 g/mol. The quantitative estimate of drug-likeness (QED) is 0.831. The highest BCUT2D eigenvalue weighted by atomic mass is 35.5. The fourth-order valence-corrected chi connectivity index (χ4v) is 4.06. The van der Waals surface area contributed by atoms with Crippen molar-refractivity contribution in [3.05, 3.63) is 40.1 Å². The smallest absolute Gasteiger partial charge is 0.0945 e. The second-order valence-electron chi connectivity index (χ2n) is 5.42. The van der Waals surface area contributed by atoms with Crippen LogP contribution in [0.3, 0.4) is 0 Å². The van der Waals surface area contributed by atoms with Gasteiger partial charge in [0.1, 0.15) is 0 Å². The molecule has 3 heterocycles. The summed E-state index contributed by atoms with van der Waals surface area (Å²) in [5.74, 6) is 0. The first-order chi connectivity index (χ1) is 9.81. The van der Waals surface area contributed by atoms with Crippen molar-refractivity contribution in [2.24, 2.45) is 0 Å². The molecule has 0 aliphatic carbocycles. The first kappa shape index (κ1) is 14.1. The van der Waals surface area contributed by atoms with E-state index in [9.17, 15) is 0 Å². The number of halogens is 1. The van der Waals surface area contributed by atoms with Gasteiger partial charge in [-0.05, 0) is 37.9 Å². The SMILES string of the molecule is Clc1ccc(CN2CCCCC2CCn2ccnc2)s1. The zero-order valence-electron chi connectivity index (χ0n) is 11.5. The topological polar surface area (TPSA) is 21.1 Å². The number of rotatable bonds is 5. The number of hydrogen-bond donors (Lipinski definition) is 0. The van der Waals surface area contributed by atoms with E-state index in [4.69, 9.17) is 11.6 Å². The van der Waals surface area contributed by atoms with Crippen LogP contribution in [-0.2, 0) is 13.1 Å². The number of hydrogen-bond acceptors (Lipinski definition) is 3. The lowest BCUT2D eigenvalue weighted by Crippen LogP contribution is -2.39. The molecule has 0 saturated carbocycles. The third kappa shape index (κ3) is 3.62. The van der Waals surface area contributed by atoms with Crippen LogP contribution >= 0.6 is 22.9 Å². The third-order valence-electron chi connectivity index (χ3n) is 4.02. The Labute approximate surface area is 129 Å². The molecule has 2 aromatic rings. The summed E-state index contributed by atoms with van der Waals surface area (Å²) < 4.78 is 3.07. The van der Waals surface area contributed by atoms with Gasteiger partial charge in [-0.25, -0.2) is 4.98 Å². The second-order valence-corrected chi connectivity index (χ2v) is 7.21. The molecular weight excluding hydrogens is 290 g/mol. The zero-order valence-corrected chi connectivity index (χ0v) is 13.1. The van der Waals surface area contributed by atoms with Gasteiger partial charge in [0.2, 0.25) is 0 Å². The molecule has 3 nitrogen and oxygen atoms in total. The van der Waals surface area contributed by atoms with Gasteiger partial charge in [-0.1, -0.05) is 18.0 Å². The highest BCUT2D eigenvalue weighted by molar-refractivity contribution is 7.16. The summed E-state index contributed by atoms with van der Waals surface area (Å²) in [7, 11) is 0. The van der Waals surface area contributed by atoms with Crippen molar-refractivity contribution in [2.75, 3.05) is 6.54 Å². The van der Waals surface area contributed by atoms with E-state index < -0.39 is 0 Å². The molecule has 20 heavy (non-hydrogen) atoms. The van der Waals surface area contributed by atoms with Gasteiger partial charge in [0.05, 0.1) is 10.7 Å². The summed E-state index contributed by atoms with van der Waals surface area (Å²) in [6.45, 7) is 3.32. The fraction of sp³-hybridized carbons (Fsp3) is 0.533. The van der Waals surface area contributed by atoms with Crippen LogP contribution < -0.4 is 0 Å². The third-order valence-corrected chi connectivity index (χ3v) is 5.23. The molecule has 1 saturated heterocycles. The average Bonchev–Trinajstić information content (AvgIpc) is 3.10. The number of imidazole rings is 1. The van der Waals surface area contributed by atoms with Gasteiger partial charge in [-0.3, -0.25) is 4.90 Å². The van der Waals surface area contributed by atoms with Gasteiger partial charge >= 0.3 is 0 Å². The number of aromatic nitrogens is 2. The Morgan fingerprint density at radius 1 is 1.35 bits per heavy atom. The van der Waals surface area contributed by atoms with Crippen molar-refractivity contribution in [1.29, 1.82) is 0 Å². The van der Waals surface area contributed by atoms with Gasteiger partial charge in [0.15, 0.2) is 0 Å². The van der Waals surface area contributed by atoms with Gasteiger partial charge in [-0.15, -0.1) is 11.3 Å². The molecule has 108 valence electrons. The van der Waals surface area contributed by atoms with Crippen molar-refractivity contribution in [1.82, 2.24) is 14.5 Å². The van der Waals surface area contributed by atoms with E-state index in [2.05, 4.69) is 20.5 Å². The van der Waals surface area contributed by atoms with E-state index in [0.717, 1.165) is 17.4 Å². The molecule has 0 aromatic carbocycles. The number of nitrogens with zero attached hydrogens (tertiary/aromatic N) is 3. The number of aryl methyl sites for hydroxylation is 1. The van der Waals surface area contributed by atoms with Crippen molar-refractivity contribution in [3.8, 4) is 0 Å². The van der Waals surface area contributed by atoms with E-state index >= 15 is 0 Å². The highest BCUT2D eigenvalue weighted by Crippen LogP contribution is 2.27. The van der Waals surface area contributed by atoms with Crippen LogP contribution in [0.2, 0.25) is 4.34 Å². The zero-order chi connectivity index (χ0) is 13.8. The minimum atomic E-state index is 0.687. The summed E-state index contributed by atoms with van der Waals surface area (Å²) in [5, 5.41) is 0. The summed E-state index contributed by atoms with van der Waals surface area (Å²) >= 11 is 7.74. The Balaban J connectivity index is 1.58. The van der Waals surface area contributed by atoms with Crippen molar-refractivity contribution in [3.63, 3.8) is 0 Å². The summed E-state index contributed by atoms with van der Waals surface area (Å²) in [6.07, 6.45) is 11.0. The minimum absolute atomic E-state index is 0.687. The van der Waals surface area contributed by atoms with Gasteiger partial charge < -0.3 is 4.57 Å². The highest BCUT2D eigenvalue weighted by Gasteiger charge is 2.22. The Bertz CT molecular complexity index is 523. The van der Waals surface area contributed by atoms with Crippen LogP contribution in [0, 0.1) is 0 Å². The predicted octanol–water partition coefficient (Wildman–Crippen LogP) is 4.04. The van der Waals surface area contributed by atoms with Crippen molar-refractivity contribution >= 4 is 22.9 Å². The molecule has 0 spiro atoms. The molecule has 2 aromatic heterocycles. The van der Waals surface area contributed by atoms with E-state index in [-0.39, 0.29) is 0 Å². The molecular formula is C15H20ClN3S.